The average molecular weight is 199 g/mol. The number of carbonyl (C=O) groups excluding carboxylic acids is 2. The van der Waals surface area contributed by atoms with Gasteiger partial charge in [-0.25, -0.2) is 0 Å². The number of hydrogen-bond donors (Lipinski definition) is 1. The minimum absolute atomic E-state index is 0.0493. The van der Waals surface area contributed by atoms with E-state index in [9.17, 15) is 9.59 Å². The first kappa shape index (κ1) is 13.1. The van der Waals surface area contributed by atoms with Crippen LogP contribution < -0.4 is 5.32 Å². The van der Waals surface area contributed by atoms with Crippen LogP contribution in [0.2, 0.25) is 0 Å². The van der Waals surface area contributed by atoms with E-state index < -0.39 is 0 Å². The molecule has 82 valence electrons. The van der Waals surface area contributed by atoms with Gasteiger partial charge in [0.25, 0.3) is 0 Å². The predicted octanol–water partition coefficient (Wildman–Crippen LogP) is 1.91. The molecule has 0 aliphatic rings. The largest absolute Gasteiger partial charge is 0.356 e. The zero-order valence-electron chi connectivity index (χ0n) is 9.64. The number of Topliss-reactive ketones (excluding diaryl/α,β-unsaturated/α-hetero) is 1. The fourth-order valence-corrected chi connectivity index (χ4v) is 0.977. The standard InChI is InChI=1S/C11H21NO2/c1-5-10(14)12-8-6-7-9(13)11(2,3)4/h5-8H2,1-4H3,(H,12,14). The summed E-state index contributed by atoms with van der Waals surface area (Å²) in [6.07, 6.45) is 1.79. The molecular formula is C11H21NO2. The lowest BCUT2D eigenvalue weighted by Crippen LogP contribution is -2.25. The van der Waals surface area contributed by atoms with E-state index in [1.54, 1.807) is 0 Å². The van der Waals surface area contributed by atoms with Crippen LogP contribution in [-0.2, 0) is 9.59 Å². The van der Waals surface area contributed by atoms with Crippen LogP contribution in [0.25, 0.3) is 0 Å². The van der Waals surface area contributed by atoms with Gasteiger partial charge in [0.15, 0.2) is 0 Å². The van der Waals surface area contributed by atoms with Crippen molar-refractivity contribution in [2.75, 3.05) is 6.54 Å². The van der Waals surface area contributed by atoms with Gasteiger partial charge in [-0.2, -0.15) is 0 Å². The van der Waals surface area contributed by atoms with Crippen molar-refractivity contribution >= 4 is 11.7 Å². The molecule has 0 atom stereocenters. The smallest absolute Gasteiger partial charge is 0.219 e. The van der Waals surface area contributed by atoms with Crippen molar-refractivity contribution in [3.63, 3.8) is 0 Å². The highest BCUT2D eigenvalue weighted by Gasteiger charge is 2.19. The molecule has 0 unspecified atom stereocenters. The van der Waals surface area contributed by atoms with Gasteiger partial charge >= 0.3 is 0 Å². The molecule has 1 amide bonds. The van der Waals surface area contributed by atoms with Crippen molar-refractivity contribution in [2.24, 2.45) is 5.41 Å². The quantitative estimate of drug-likeness (QED) is 0.687. The lowest BCUT2D eigenvalue weighted by Gasteiger charge is -2.16. The number of amides is 1. The van der Waals surface area contributed by atoms with Crippen molar-refractivity contribution in [3.05, 3.63) is 0 Å². The number of carbonyl (C=O) groups is 2. The third kappa shape index (κ3) is 5.73. The van der Waals surface area contributed by atoms with Gasteiger partial charge < -0.3 is 5.32 Å². The molecule has 0 saturated carbocycles. The van der Waals surface area contributed by atoms with E-state index in [0.717, 1.165) is 6.42 Å². The zero-order chi connectivity index (χ0) is 11.2. The minimum Gasteiger partial charge on any atom is -0.356 e. The molecule has 0 bridgehead atoms. The van der Waals surface area contributed by atoms with E-state index in [2.05, 4.69) is 5.32 Å². The molecule has 0 aliphatic carbocycles. The second-order valence-electron chi connectivity index (χ2n) is 4.48. The van der Waals surface area contributed by atoms with Crippen molar-refractivity contribution in [1.29, 1.82) is 0 Å². The normalized spacial score (nSPS) is 11.1. The van der Waals surface area contributed by atoms with E-state index >= 15 is 0 Å². The number of ketones is 1. The molecule has 0 aromatic carbocycles. The highest BCUT2D eigenvalue weighted by Crippen LogP contribution is 2.17. The zero-order valence-corrected chi connectivity index (χ0v) is 9.64. The lowest BCUT2D eigenvalue weighted by molar-refractivity contribution is -0.126. The summed E-state index contributed by atoms with van der Waals surface area (Å²) < 4.78 is 0. The van der Waals surface area contributed by atoms with Crippen molar-refractivity contribution in [2.45, 2.75) is 47.0 Å². The van der Waals surface area contributed by atoms with Gasteiger partial charge in [-0.3, -0.25) is 9.59 Å². The Morgan fingerprint density at radius 2 is 1.79 bits per heavy atom. The van der Waals surface area contributed by atoms with Crippen LogP contribution in [0.3, 0.4) is 0 Å². The summed E-state index contributed by atoms with van der Waals surface area (Å²) >= 11 is 0. The summed E-state index contributed by atoms with van der Waals surface area (Å²) in [6.45, 7) is 8.17. The second kappa shape index (κ2) is 5.78. The SMILES string of the molecule is CCC(=O)NCCCC(=O)C(C)(C)C. The Morgan fingerprint density at radius 1 is 1.21 bits per heavy atom. The van der Waals surface area contributed by atoms with E-state index in [0.29, 0.717) is 19.4 Å². The van der Waals surface area contributed by atoms with Crippen LogP contribution in [0.1, 0.15) is 47.0 Å². The molecule has 0 spiro atoms. The van der Waals surface area contributed by atoms with E-state index in [-0.39, 0.29) is 17.1 Å². The number of rotatable bonds is 5. The third-order valence-corrected chi connectivity index (χ3v) is 2.06. The molecule has 0 heterocycles. The van der Waals surface area contributed by atoms with Gasteiger partial charge in [0.05, 0.1) is 0 Å². The number of hydrogen-bond acceptors (Lipinski definition) is 2. The molecule has 0 aliphatic heterocycles. The molecule has 3 nitrogen and oxygen atoms in total. The highest BCUT2D eigenvalue weighted by atomic mass is 16.1. The highest BCUT2D eigenvalue weighted by molar-refractivity contribution is 5.83. The maximum Gasteiger partial charge on any atom is 0.219 e. The van der Waals surface area contributed by atoms with Crippen LogP contribution >= 0.6 is 0 Å². The minimum atomic E-state index is -0.255. The Morgan fingerprint density at radius 3 is 2.21 bits per heavy atom. The fraction of sp³-hybridized carbons (Fsp3) is 0.818. The van der Waals surface area contributed by atoms with Gasteiger partial charge in [-0.15, -0.1) is 0 Å². The topological polar surface area (TPSA) is 46.2 Å². The van der Waals surface area contributed by atoms with Crippen LogP contribution in [0, 0.1) is 5.41 Å². The first-order valence-electron chi connectivity index (χ1n) is 5.18. The maximum absolute atomic E-state index is 11.5. The molecule has 0 aromatic rings. The molecule has 0 rings (SSSR count). The molecular weight excluding hydrogens is 178 g/mol. The van der Waals surface area contributed by atoms with Crippen molar-refractivity contribution in [1.82, 2.24) is 5.32 Å². The van der Waals surface area contributed by atoms with E-state index in [1.807, 2.05) is 27.7 Å². The van der Waals surface area contributed by atoms with E-state index in [1.165, 1.54) is 0 Å². The first-order chi connectivity index (χ1) is 6.38. The molecule has 14 heavy (non-hydrogen) atoms. The fourth-order valence-electron chi connectivity index (χ4n) is 0.977. The molecule has 1 N–H and O–H groups in total. The van der Waals surface area contributed by atoms with Gasteiger partial charge in [-0.05, 0) is 6.42 Å². The summed E-state index contributed by atoms with van der Waals surface area (Å²) in [6, 6.07) is 0. The van der Waals surface area contributed by atoms with E-state index in [4.69, 9.17) is 0 Å². The summed E-state index contributed by atoms with van der Waals surface area (Å²) in [7, 11) is 0. The van der Waals surface area contributed by atoms with Crippen LogP contribution in [0.5, 0.6) is 0 Å². The average Bonchev–Trinajstić information content (AvgIpc) is 2.09. The van der Waals surface area contributed by atoms with Crippen molar-refractivity contribution in [3.8, 4) is 0 Å². The van der Waals surface area contributed by atoms with Crippen LogP contribution in [0.15, 0.2) is 0 Å². The monoisotopic (exact) mass is 199 g/mol. The Kier molecular flexibility index (Phi) is 5.43. The van der Waals surface area contributed by atoms with Crippen molar-refractivity contribution < 1.29 is 9.59 Å². The molecule has 0 radical (unpaired) electrons. The summed E-state index contributed by atoms with van der Waals surface area (Å²) in [4.78, 5) is 22.3. The third-order valence-electron chi connectivity index (χ3n) is 2.06. The second-order valence-corrected chi connectivity index (χ2v) is 4.48. The Balaban J connectivity index is 3.56. The van der Waals surface area contributed by atoms with Crippen LogP contribution in [0.4, 0.5) is 0 Å². The Bertz CT molecular complexity index is 204. The summed E-state index contributed by atoms with van der Waals surface area (Å²) in [5, 5.41) is 2.75. The molecule has 3 heteroatoms. The van der Waals surface area contributed by atoms with Gasteiger partial charge in [0.1, 0.15) is 5.78 Å². The maximum atomic E-state index is 11.5. The van der Waals surface area contributed by atoms with Gasteiger partial charge in [0.2, 0.25) is 5.91 Å². The predicted molar refractivity (Wildman–Crippen MR) is 57.0 cm³/mol. The van der Waals surface area contributed by atoms with Gasteiger partial charge in [-0.1, -0.05) is 27.7 Å². The Hall–Kier alpha value is -0.860. The molecule has 0 aromatic heterocycles. The Labute approximate surface area is 86.3 Å². The molecule has 0 saturated heterocycles. The molecule has 0 fully saturated rings. The lowest BCUT2D eigenvalue weighted by atomic mass is 9.88. The van der Waals surface area contributed by atoms with Gasteiger partial charge in [0, 0.05) is 24.8 Å². The number of nitrogens with one attached hydrogen (secondary N) is 1. The van der Waals surface area contributed by atoms with Crippen LogP contribution in [-0.4, -0.2) is 18.2 Å². The first-order valence-corrected chi connectivity index (χ1v) is 5.18. The summed E-state index contributed by atoms with van der Waals surface area (Å²) in [5.74, 6) is 0.302. The summed E-state index contributed by atoms with van der Waals surface area (Å²) in [5.41, 5.74) is -0.255.